The van der Waals surface area contributed by atoms with Crippen molar-refractivity contribution in [2.75, 3.05) is 13.1 Å². The third kappa shape index (κ3) is 7.01. The number of carboxylic acid groups (broad SMARTS) is 1. The van der Waals surface area contributed by atoms with Crippen molar-refractivity contribution in [1.82, 2.24) is 24.6 Å². The number of rotatable bonds is 11. The van der Waals surface area contributed by atoms with Gasteiger partial charge in [-0.1, -0.05) is 66.7 Å². The molecule has 1 aliphatic rings. The standard InChI is InChI=1S/C33H39N5O3/c1-24-21-37(25(2)20-36(24)22-26-9-4-3-5-10-26)32(29-11-8-12-30(39)19-29)27-14-16-28(17-15-27)33-34-23-35-38(33)18-7-6-13-31(40)41/h3-5,8-12,14-17,19,23-25,32,39H,6-7,13,18,20-22H2,1-2H3,(H,40,41). The van der Waals surface area contributed by atoms with Gasteiger partial charge in [0.25, 0.3) is 0 Å². The lowest BCUT2D eigenvalue weighted by molar-refractivity contribution is -0.137. The van der Waals surface area contributed by atoms with Crippen LogP contribution in [-0.2, 0) is 17.9 Å². The Bertz CT molecular complexity index is 1420. The van der Waals surface area contributed by atoms with Gasteiger partial charge in [-0.05, 0) is 55.5 Å². The second-order valence-electron chi connectivity index (χ2n) is 11.1. The third-order valence-electron chi connectivity index (χ3n) is 8.02. The molecule has 0 aliphatic carbocycles. The van der Waals surface area contributed by atoms with Gasteiger partial charge < -0.3 is 10.2 Å². The summed E-state index contributed by atoms with van der Waals surface area (Å²) >= 11 is 0. The monoisotopic (exact) mass is 553 g/mol. The molecule has 0 spiro atoms. The summed E-state index contributed by atoms with van der Waals surface area (Å²) in [5.74, 6) is 0.267. The molecule has 5 rings (SSSR count). The minimum Gasteiger partial charge on any atom is -0.508 e. The van der Waals surface area contributed by atoms with Gasteiger partial charge in [-0.25, -0.2) is 9.67 Å². The van der Waals surface area contributed by atoms with Gasteiger partial charge in [0.15, 0.2) is 5.82 Å². The first kappa shape index (κ1) is 28.5. The van der Waals surface area contributed by atoms with Crippen LogP contribution in [0.1, 0.15) is 55.8 Å². The molecule has 0 radical (unpaired) electrons. The zero-order valence-electron chi connectivity index (χ0n) is 23.8. The first-order chi connectivity index (χ1) is 19.9. The molecule has 2 heterocycles. The van der Waals surface area contributed by atoms with E-state index in [0.29, 0.717) is 25.0 Å². The number of piperazine rings is 1. The molecule has 3 unspecified atom stereocenters. The molecule has 214 valence electrons. The minimum absolute atomic E-state index is 0.0126. The Hall–Kier alpha value is -4.01. The smallest absolute Gasteiger partial charge is 0.303 e. The number of phenolic OH excluding ortho intramolecular Hbond substituents is 1. The average molecular weight is 554 g/mol. The van der Waals surface area contributed by atoms with Gasteiger partial charge in [0.1, 0.15) is 12.1 Å². The number of benzene rings is 3. The topological polar surface area (TPSA) is 94.7 Å². The zero-order chi connectivity index (χ0) is 28.8. The summed E-state index contributed by atoms with van der Waals surface area (Å²) in [5.41, 5.74) is 4.51. The van der Waals surface area contributed by atoms with Gasteiger partial charge in [0, 0.05) is 50.2 Å². The molecule has 0 saturated carbocycles. The Kier molecular flexibility index (Phi) is 9.11. The molecular weight excluding hydrogens is 514 g/mol. The summed E-state index contributed by atoms with van der Waals surface area (Å²) < 4.78 is 1.85. The number of aliphatic carboxylic acids is 1. The van der Waals surface area contributed by atoms with Crippen LogP contribution in [0.5, 0.6) is 5.75 Å². The number of unbranched alkanes of at least 4 members (excludes halogenated alkanes) is 1. The maximum absolute atomic E-state index is 10.8. The second-order valence-corrected chi connectivity index (χ2v) is 11.1. The molecule has 3 aromatic carbocycles. The van der Waals surface area contributed by atoms with Crippen LogP contribution in [0.2, 0.25) is 0 Å². The van der Waals surface area contributed by atoms with Gasteiger partial charge in [-0.3, -0.25) is 14.6 Å². The van der Waals surface area contributed by atoms with E-state index in [0.717, 1.165) is 48.6 Å². The van der Waals surface area contributed by atoms with Crippen LogP contribution in [0.25, 0.3) is 11.4 Å². The lowest BCUT2D eigenvalue weighted by Gasteiger charge is -2.47. The van der Waals surface area contributed by atoms with Crippen molar-refractivity contribution in [1.29, 1.82) is 0 Å². The predicted molar refractivity (Wildman–Crippen MR) is 159 cm³/mol. The summed E-state index contributed by atoms with van der Waals surface area (Å²) in [6, 6.07) is 27.4. The van der Waals surface area contributed by atoms with Crippen LogP contribution >= 0.6 is 0 Å². The van der Waals surface area contributed by atoms with Crippen LogP contribution < -0.4 is 0 Å². The van der Waals surface area contributed by atoms with Gasteiger partial charge in [0.2, 0.25) is 0 Å². The predicted octanol–water partition coefficient (Wildman–Crippen LogP) is 5.59. The summed E-state index contributed by atoms with van der Waals surface area (Å²) in [6.45, 7) is 8.01. The second kappa shape index (κ2) is 13.1. The molecule has 4 aromatic rings. The van der Waals surface area contributed by atoms with E-state index in [1.54, 1.807) is 12.4 Å². The molecule has 1 aromatic heterocycles. The molecule has 8 heteroatoms. The number of aromatic hydroxyl groups is 1. The summed E-state index contributed by atoms with van der Waals surface area (Å²) in [5, 5.41) is 23.7. The van der Waals surface area contributed by atoms with Crippen molar-refractivity contribution in [2.45, 2.75) is 64.3 Å². The van der Waals surface area contributed by atoms with Crippen LogP contribution in [0.3, 0.4) is 0 Å². The molecule has 8 nitrogen and oxygen atoms in total. The van der Waals surface area contributed by atoms with Crippen molar-refractivity contribution in [3.05, 3.63) is 102 Å². The highest BCUT2D eigenvalue weighted by atomic mass is 16.4. The van der Waals surface area contributed by atoms with Gasteiger partial charge in [-0.2, -0.15) is 5.10 Å². The highest BCUT2D eigenvalue weighted by molar-refractivity contribution is 5.66. The van der Waals surface area contributed by atoms with Crippen molar-refractivity contribution in [3.8, 4) is 17.1 Å². The summed E-state index contributed by atoms with van der Waals surface area (Å²) in [6.07, 6.45) is 3.04. The molecular formula is C33H39N5O3. The van der Waals surface area contributed by atoms with Crippen molar-refractivity contribution >= 4 is 5.97 Å². The maximum Gasteiger partial charge on any atom is 0.303 e. The number of aryl methyl sites for hydroxylation is 1. The molecule has 1 fully saturated rings. The number of hydrogen-bond donors (Lipinski definition) is 2. The third-order valence-corrected chi connectivity index (χ3v) is 8.02. The first-order valence-electron chi connectivity index (χ1n) is 14.4. The van der Waals surface area contributed by atoms with Crippen LogP contribution in [0, 0.1) is 0 Å². The van der Waals surface area contributed by atoms with E-state index < -0.39 is 5.97 Å². The number of aromatic nitrogens is 3. The molecule has 1 aliphatic heterocycles. The molecule has 0 amide bonds. The van der Waals surface area contributed by atoms with E-state index >= 15 is 0 Å². The van der Waals surface area contributed by atoms with E-state index in [1.807, 2.05) is 16.8 Å². The van der Waals surface area contributed by atoms with E-state index in [2.05, 4.69) is 94.4 Å². The molecule has 2 N–H and O–H groups in total. The zero-order valence-corrected chi connectivity index (χ0v) is 23.8. The number of carbonyl (C=O) groups is 1. The number of carboxylic acids is 1. The number of phenols is 1. The Morgan fingerprint density at radius 2 is 1.71 bits per heavy atom. The molecule has 3 atom stereocenters. The number of nitrogens with zero attached hydrogens (tertiary/aromatic N) is 5. The van der Waals surface area contributed by atoms with Crippen LogP contribution in [0.15, 0.2) is 85.2 Å². The maximum atomic E-state index is 10.8. The van der Waals surface area contributed by atoms with Crippen LogP contribution in [-0.4, -0.2) is 65.9 Å². The minimum atomic E-state index is -0.776. The van der Waals surface area contributed by atoms with E-state index in [1.165, 1.54) is 5.56 Å². The normalized spacial score (nSPS) is 18.8. The first-order valence-corrected chi connectivity index (χ1v) is 14.4. The van der Waals surface area contributed by atoms with Crippen molar-refractivity contribution < 1.29 is 15.0 Å². The molecule has 0 bridgehead atoms. The SMILES string of the molecule is CC1CN(C(c2ccc(-c3ncnn3CCCCC(=O)O)cc2)c2cccc(O)c2)C(C)CN1Cc1ccccc1. The molecule has 1 saturated heterocycles. The molecule has 41 heavy (non-hydrogen) atoms. The Labute approximate surface area is 241 Å². The van der Waals surface area contributed by atoms with Crippen molar-refractivity contribution in [2.24, 2.45) is 0 Å². The highest BCUT2D eigenvalue weighted by Crippen LogP contribution is 2.35. The van der Waals surface area contributed by atoms with E-state index in [9.17, 15) is 9.90 Å². The Morgan fingerprint density at radius 3 is 2.44 bits per heavy atom. The average Bonchev–Trinajstić information content (AvgIpc) is 3.43. The highest BCUT2D eigenvalue weighted by Gasteiger charge is 2.35. The van der Waals surface area contributed by atoms with Gasteiger partial charge in [-0.15, -0.1) is 0 Å². The number of hydrogen-bond acceptors (Lipinski definition) is 6. The lowest BCUT2D eigenvalue weighted by atomic mass is 9.92. The Balaban J connectivity index is 1.37. The van der Waals surface area contributed by atoms with Crippen molar-refractivity contribution in [3.63, 3.8) is 0 Å². The van der Waals surface area contributed by atoms with E-state index in [4.69, 9.17) is 5.11 Å². The van der Waals surface area contributed by atoms with Gasteiger partial charge >= 0.3 is 5.97 Å². The fraction of sp³-hybridized carbons (Fsp3) is 0.364. The van der Waals surface area contributed by atoms with Crippen LogP contribution in [0.4, 0.5) is 0 Å². The fourth-order valence-corrected chi connectivity index (χ4v) is 5.90. The summed E-state index contributed by atoms with van der Waals surface area (Å²) in [7, 11) is 0. The fourth-order valence-electron chi connectivity index (χ4n) is 5.90. The Morgan fingerprint density at radius 1 is 0.927 bits per heavy atom. The largest absolute Gasteiger partial charge is 0.508 e. The quantitative estimate of drug-likeness (QED) is 0.234. The lowest BCUT2D eigenvalue weighted by Crippen LogP contribution is -2.56. The van der Waals surface area contributed by atoms with Gasteiger partial charge in [0.05, 0.1) is 6.04 Å². The van der Waals surface area contributed by atoms with E-state index in [-0.39, 0.29) is 18.2 Å². The summed E-state index contributed by atoms with van der Waals surface area (Å²) in [4.78, 5) is 20.4.